The second-order valence-electron chi connectivity index (χ2n) is 5.49. The summed E-state index contributed by atoms with van der Waals surface area (Å²) in [6.45, 7) is 5.74. The van der Waals surface area contributed by atoms with E-state index in [1.807, 2.05) is 48.5 Å². The van der Waals surface area contributed by atoms with Gasteiger partial charge in [0.25, 0.3) is 11.9 Å². The smallest absolute Gasteiger partial charge is 0.250 e. The number of hydrogen-bond donors (Lipinski definition) is 0. The highest BCUT2D eigenvalue weighted by molar-refractivity contribution is 5.79. The van der Waals surface area contributed by atoms with Gasteiger partial charge in [-0.1, -0.05) is 24.3 Å². The topological polar surface area (TPSA) is 60.4 Å². The summed E-state index contributed by atoms with van der Waals surface area (Å²) in [6.07, 6.45) is 0. The van der Waals surface area contributed by atoms with E-state index in [2.05, 4.69) is 43.2 Å². The van der Waals surface area contributed by atoms with Crippen molar-refractivity contribution in [1.29, 1.82) is 0 Å². The van der Waals surface area contributed by atoms with Crippen LogP contribution in [0, 0.1) is 0 Å². The lowest BCUT2D eigenvalue weighted by Gasteiger charge is -2.02. The lowest BCUT2D eigenvalue weighted by Crippen LogP contribution is -1.93. The van der Waals surface area contributed by atoms with Gasteiger partial charge in [0.15, 0.2) is 0 Å². The van der Waals surface area contributed by atoms with Gasteiger partial charge in [0.05, 0.1) is 22.1 Å². The van der Waals surface area contributed by atoms with Gasteiger partial charge in [-0.2, -0.15) is 0 Å². The van der Waals surface area contributed by atoms with Crippen LogP contribution in [0.4, 0.5) is 11.9 Å². The normalized spacial score (nSPS) is 11.9. The van der Waals surface area contributed by atoms with Crippen molar-refractivity contribution in [2.45, 2.75) is 26.9 Å². The molecule has 0 radical (unpaired) electrons. The van der Waals surface area contributed by atoms with Gasteiger partial charge in [-0.3, -0.25) is 0 Å². The van der Waals surface area contributed by atoms with Crippen molar-refractivity contribution in [1.82, 2.24) is 19.1 Å². The van der Waals surface area contributed by atoms with E-state index in [-0.39, 0.29) is 0 Å². The molecule has 2 aromatic carbocycles. The molecule has 0 unspecified atom stereocenters. The van der Waals surface area contributed by atoms with E-state index in [9.17, 15) is 0 Å². The van der Waals surface area contributed by atoms with Gasteiger partial charge in [0, 0.05) is 13.1 Å². The average molecular weight is 318 g/mol. The van der Waals surface area contributed by atoms with Crippen molar-refractivity contribution >= 4 is 34.0 Å². The average Bonchev–Trinajstić information content (AvgIpc) is 3.16. The summed E-state index contributed by atoms with van der Waals surface area (Å²) in [7, 11) is 0. The molecule has 0 saturated carbocycles. The Labute approximate surface area is 139 Å². The lowest BCUT2D eigenvalue weighted by molar-refractivity contribution is 0.762. The molecule has 0 fully saturated rings. The van der Waals surface area contributed by atoms with Crippen LogP contribution in [0.25, 0.3) is 22.1 Å². The standard InChI is InChI=1S/C18H18N6/c1-3-23-15-11-7-5-9-13(15)19-17(23)21-22-18-20-14-10-6-8-12-16(14)24(18)4-2/h5-12H,3-4H2,1-2H3. The molecule has 0 aliphatic rings. The molecule has 4 aromatic rings. The summed E-state index contributed by atoms with van der Waals surface area (Å²) >= 11 is 0. The predicted molar refractivity (Wildman–Crippen MR) is 95.0 cm³/mol. The van der Waals surface area contributed by atoms with Crippen LogP contribution in [-0.2, 0) is 13.1 Å². The number of azo groups is 1. The van der Waals surface area contributed by atoms with Gasteiger partial charge in [-0.15, -0.1) is 10.2 Å². The Bertz CT molecular complexity index is 956. The van der Waals surface area contributed by atoms with Gasteiger partial charge in [0.2, 0.25) is 0 Å². The fourth-order valence-electron chi connectivity index (χ4n) is 2.99. The van der Waals surface area contributed by atoms with E-state index in [1.54, 1.807) is 0 Å². The zero-order valence-electron chi connectivity index (χ0n) is 13.7. The first-order valence-corrected chi connectivity index (χ1v) is 8.14. The summed E-state index contributed by atoms with van der Waals surface area (Å²) in [5, 5.41) is 8.76. The van der Waals surface area contributed by atoms with Crippen LogP contribution in [-0.4, -0.2) is 19.1 Å². The Kier molecular flexibility index (Phi) is 3.57. The number of rotatable bonds is 4. The van der Waals surface area contributed by atoms with Crippen molar-refractivity contribution in [2.75, 3.05) is 0 Å². The summed E-state index contributed by atoms with van der Waals surface area (Å²) in [6, 6.07) is 16.0. The number of hydrogen-bond acceptors (Lipinski definition) is 4. The van der Waals surface area contributed by atoms with Crippen molar-refractivity contribution < 1.29 is 0 Å². The van der Waals surface area contributed by atoms with Gasteiger partial charge >= 0.3 is 0 Å². The van der Waals surface area contributed by atoms with E-state index in [4.69, 9.17) is 0 Å². The molecular weight excluding hydrogens is 300 g/mol. The molecule has 0 aliphatic heterocycles. The van der Waals surface area contributed by atoms with Crippen LogP contribution in [0.2, 0.25) is 0 Å². The number of aryl methyl sites for hydroxylation is 2. The maximum atomic E-state index is 4.57. The van der Waals surface area contributed by atoms with Gasteiger partial charge in [0.1, 0.15) is 0 Å². The van der Waals surface area contributed by atoms with Crippen LogP contribution in [0.3, 0.4) is 0 Å². The number of aromatic nitrogens is 4. The van der Waals surface area contributed by atoms with E-state index in [0.29, 0.717) is 11.9 Å². The number of imidazole rings is 2. The van der Waals surface area contributed by atoms with Gasteiger partial charge in [-0.05, 0) is 38.1 Å². The van der Waals surface area contributed by atoms with Crippen LogP contribution in [0.1, 0.15) is 13.8 Å². The molecule has 2 heterocycles. The first kappa shape index (κ1) is 14.6. The molecule has 6 heteroatoms. The molecule has 0 atom stereocenters. The Hall–Kier alpha value is -3.02. The van der Waals surface area contributed by atoms with Crippen molar-refractivity contribution in [2.24, 2.45) is 10.2 Å². The molecule has 6 nitrogen and oxygen atoms in total. The molecule has 4 rings (SSSR count). The predicted octanol–water partition coefficient (Wildman–Crippen LogP) is 4.84. The monoisotopic (exact) mass is 318 g/mol. The number of para-hydroxylation sites is 4. The first-order chi connectivity index (χ1) is 11.8. The minimum absolute atomic E-state index is 0.605. The third-order valence-corrected chi connectivity index (χ3v) is 4.13. The quantitative estimate of drug-likeness (QED) is 0.505. The third kappa shape index (κ3) is 2.27. The largest absolute Gasteiger partial charge is 0.307 e. The Balaban J connectivity index is 1.81. The number of nitrogens with zero attached hydrogens (tertiary/aromatic N) is 6. The molecular formula is C18H18N6. The number of fused-ring (bicyclic) bond motifs is 2. The summed E-state index contributed by atoms with van der Waals surface area (Å²) in [5.74, 6) is 1.21. The first-order valence-electron chi connectivity index (χ1n) is 8.14. The van der Waals surface area contributed by atoms with E-state index in [0.717, 1.165) is 35.2 Å². The molecule has 0 bridgehead atoms. The molecule has 0 amide bonds. The number of benzene rings is 2. The highest BCUT2D eigenvalue weighted by Gasteiger charge is 2.11. The van der Waals surface area contributed by atoms with Crippen LogP contribution in [0.5, 0.6) is 0 Å². The van der Waals surface area contributed by atoms with Gasteiger partial charge < -0.3 is 9.13 Å². The van der Waals surface area contributed by atoms with Crippen LogP contribution in [0.15, 0.2) is 58.8 Å². The highest BCUT2D eigenvalue weighted by Crippen LogP contribution is 2.25. The molecule has 0 aliphatic carbocycles. The van der Waals surface area contributed by atoms with E-state index in [1.165, 1.54) is 0 Å². The fraction of sp³-hybridized carbons (Fsp3) is 0.222. The molecule has 0 spiro atoms. The lowest BCUT2D eigenvalue weighted by atomic mass is 10.3. The van der Waals surface area contributed by atoms with Crippen molar-refractivity contribution in [3.63, 3.8) is 0 Å². The van der Waals surface area contributed by atoms with Crippen molar-refractivity contribution in [3.05, 3.63) is 48.5 Å². The molecule has 2 aromatic heterocycles. The summed E-state index contributed by atoms with van der Waals surface area (Å²) in [5.41, 5.74) is 3.99. The second kappa shape index (κ2) is 5.88. The minimum atomic E-state index is 0.605. The minimum Gasteiger partial charge on any atom is -0.307 e. The third-order valence-electron chi connectivity index (χ3n) is 4.13. The SMILES string of the molecule is CCn1c(N=Nc2nc3ccccc3n2CC)nc2ccccc21. The van der Waals surface area contributed by atoms with Crippen LogP contribution < -0.4 is 0 Å². The maximum absolute atomic E-state index is 4.57. The molecule has 0 N–H and O–H groups in total. The summed E-state index contributed by atoms with van der Waals surface area (Å²) in [4.78, 5) is 9.15. The molecule has 24 heavy (non-hydrogen) atoms. The van der Waals surface area contributed by atoms with Crippen molar-refractivity contribution in [3.8, 4) is 0 Å². The second-order valence-corrected chi connectivity index (χ2v) is 5.49. The summed E-state index contributed by atoms with van der Waals surface area (Å²) < 4.78 is 4.11. The zero-order valence-corrected chi connectivity index (χ0v) is 13.7. The highest BCUT2D eigenvalue weighted by atomic mass is 15.3. The molecule has 120 valence electrons. The van der Waals surface area contributed by atoms with Crippen LogP contribution >= 0.6 is 0 Å². The van der Waals surface area contributed by atoms with E-state index >= 15 is 0 Å². The maximum Gasteiger partial charge on any atom is 0.250 e. The zero-order chi connectivity index (χ0) is 16.5. The van der Waals surface area contributed by atoms with Gasteiger partial charge in [-0.25, -0.2) is 9.97 Å². The Morgan fingerprint density at radius 3 is 1.54 bits per heavy atom. The Morgan fingerprint density at radius 2 is 1.12 bits per heavy atom. The van der Waals surface area contributed by atoms with E-state index < -0.39 is 0 Å². The molecule has 0 saturated heterocycles. The Morgan fingerprint density at radius 1 is 0.708 bits per heavy atom. The fourth-order valence-corrected chi connectivity index (χ4v) is 2.99.